The number of sulfone groups is 1. The lowest BCUT2D eigenvalue weighted by Gasteiger charge is -2.19. The molecule has 0 fully saturated rings. The van der Waals surface area contributed by atoms with E-state index in [9.17, 15) is 31.9 Å². The number of hydrogen-bond donors (Lipinski definition) is 3. The second-order valence-corrected chi connectivity index (χ2v) is 12.0. The van der Waals surface area contributed by atoms with Gasteiger partial charge in [-0.25, -0.2) is 27.0 Å². The highest BCUT2D eigenvalue weighted by atomic mass is 32.2. The Hall–Kier alpha value is -4.42. The summed E-state index contributed by atoms with van der Waals surface area (Å²) in [5.41, 5.74) is 2.39. The molecular weight excluding hydrogens is 568 g/mol. The Kier molecular flexibility index (Phi) is 9.81. The van der Waals surface area contributed by atoms with Crippen molar-refractivity contribution in [1.29, 1.82) is 0 Å². The number of nitrogens with zero attached hydrogens (tertiary/aromatic N) is 1. The number of aliphatic carboxylic acids is 1. The minimum absolute atomic E-state index is 0.0882. The minimum Gasteiger partial charge on any atom is -0.480 e. The third-order valence-corrected chi connectivity index (χ3v) is 7.47. The first-order valence-electron chi connectivity index (χ1n) is 12.9. The van der Waals surface area contributed by atoms with Gasteiger partial charge in [-0.1, -0.05) is 30.3 Å². The monoisotopic (exact) mass is 597 g/mol. The van der Waals surface area contributed by atoms with Gasteiger partial charge in [-0.05, 0) is 65.1 Å². The number of aromatic amines is 1. The second kappa shape index (κ2) is 13.5. The van der Waals surface area contributed by atoms with Gasteiger partial charge < -0.3 is 20.1 Å². The van der Waals surface area contributed by atoms with Crippen LogP contribution >= 0.6 is 0 Å². The van der Waals surface area contributed by atoms with Gasteiger partial charge in [-0.15, -0.1) is 0 Å². The zero-order valence-corrected chi connectivity index (χ0v) is 23.4. The third-order valence-electron chi connectivity index (χ3n) is 6.49. The molecule has 42 heavy (non-hydrogen) atoms. The quantitative estimate of drug-likeness (QED) is 0.207. The summed E-state index contributed by atoms with van der Waals surface area (Å²) >= 11 is 0. The molecule has 1 heterocycles. The van der Waals surface area contributed by atoms with Crippen LogP contribution in [0.3, 0.4) is 0 Å². The van der Waals surface area contributed by atoms with Crippen molar-refractivity contribution >= 4 is 21.7 Å². The number of ether oxygens (including phenoxy) is 1. The number of nitrogens with one attached hydrogen (secondary N) is 2. The van der Waals surface area contributed by atoms with E-state index in [1.54, 1.807) is 36.7 Å². The number of amides is 1. The maximum atomic E-state index is 13.7. The van der Waals surface area contributed by atoms with E-state index in [1.807, 2.05) is 0 Å². The molecule has 1 unspecified atom stereocenters. The lowest BCUT2D eigenvalue weighted by Crippen LogP contribution is -2.42. The van der Waals surface area contributed by atoms with Crippen LogP contribution in [0.25, 0.3) is 11.1 Å². The number of carboxylic acids is 1. The molecule has 1 aromatic heterocycles. The van der Waals surface area contributed by atoms with E-state index in [1.165, 1.54) is 42.5 Å². The lowest BCUT2D eigenvalue weighted by atomic mass is 9.96. The van der Waals surface area contributed by atoms with Crippen molar-refractivity contribution in [2.45, 2.75) is 31.6 Å². The van der Waals surface area contributed by atoms with E-state index in [4.69, 9.17) is 4.74 Å². The van der Waals surface area contributed by atoms with Crippen molar-refractivity contribution in [2.75, 3.05) is 12.0 Å². The molecule has 0 bridgehead atoms. The first-order chi connectivity index (χ1) is 20.0. The molecule has 2 atom stereocenters. The Morgan fingerprint density at radius 2 is 1.69 bits per heavy atom. The zero-order chi connectivity index (χ0) is 30.3. The van der Waals surface area contributed by atoms with E-state index in [-0.39, 0.29) is 24.4 Å². The summed E-state index contributed by atoms with van der Waals surface area (Å²) in [6.07, 6.45) is 3.88. The number of imidazole rings is 1. The molecule has 9 nitrogen and oxygen atoms in total. The van der Waals surface area contributed by atoms with Gasteiger partial charge in [0.2, 0.25) is 0 Å². The molecule has 0 aliphatic carbocycles. The summed E-state index contributed by atoms with van der Waals surface area (Å²) in [6, 6.07) is 14.8. The molecule has 0 radical (unpaired) electrons. The van der Waals surface area contributed by atoms with Crippen molar-refractivity contribution in [3.63, 3.8) is 0 Å². The number of H-pyrrole nitrogens is 1. The highest BCUT2D eigenvalue weighted by molar-refractivity contribution is 7.90. The third kappa shape index (κ3) is 8.54. The fraction of sp³-hybridized carbons (Fsp3) is 0.233. The van der Waals surface area contributed by atoms with Crippen molar-refractivity contribution in [3.8, 4) is 11.1 Å². The number of carbonyl (C=O) groups is 2. The highest BCUT2D eigenvalue weighted by Gasteiger charge is 2.24. The molecule has 0 aliphatic heterocycles. The van der Waals surface area contributed by atoms with Crippen molar-refractivity contribution in [2.24, 2.45) is 0 Å². The summed E-state index contributed by atoms with van der Waals surface area (Å²) in [5, 5.41) is 12.0. The van der Waals surface area contributed by atoms with Gasteiger partial charge in [0.1, 0.15) is 33.3 Å². The predicted molar refractivity (Wildman–Crippen MR) is 151 cm³/mol. The Bertz CT molecular complexity index is 1630. The van der Waals surface area contributed by atoms with E-state index < -0.39 is 45.4 Å². The van der Waals surface area contributed by atoms with Gasteiger partial charge in [0.15, 0.2) is 0 Å². The molecule has 4 aromatic rings. The van der Waals surface area contributed by atoms with Gasteiger partial charge in [-0.2, -0.15) is 0 Å². The smallest absolute Gasteiger partial charge is 0.326 e. The normalized spacial score (nSPS) is 12.9. The SMILES string of the molecule is CS(=O)(=O)CC[C@H](NC(=O)c1ccc(COC(Cc2ncc[nH]2)c2ccc(F)cc2)cc1-c1ccc(F)cc1)C(=O)O. The number of aromatic nitrogens is 2. The molecule has 1 amide bonds. The van der Waals surface area contributed by atoms with Crippen molar-refractivity contribution in [1.82, 2.24) is 15.3 Å². The molecule has 4 rings (SSSR count). The second-order valence-electron chi connectivity index (χ2n) is 9.76. The number of carboxylic acid groups (broad SMARTS) is 1. The van der Waals surface area contributed by atoms with Gasteiger partial charge in [-0.3, -0.25) is 4.79 Å². The minimum atomic E-state index is -3.45. The van der Waals surface area contributed by atoms with Gasteiger partial charge in [0, 0.05) is 30.6 Å². The van der Waals surface area contributed by atoms with E-state index in [2.05, 4.69) is 15.3 Å². The van der Waals surface area contributed by atoms with Crippen LogP contribution in [0.4, 0.5) is 8.78 Å². The number of carbonyl (C=O) groups excluding carboxylic acids is 1. The fourth-order valence-electron chi connectivity index (χ4n) is 4.31. The molecule has 0 saturated carbocycles. The van der Waals surface area contributed by atoms with Gasteiger partial charge in [0.05, 0.1) is 18.5 Å². The molecule has 220 valence electrons. The first kappa shape index (κ1) is 30.5. The molecule has 3 aromatic carbocycles. The Morgan fingerprint density at radius 3 is 2.29 bits per heavy atom. The van der Waals surface area contributed by atoms with Crippen LogP contribution in [0.2, 0.25) is 0 Å². The Labute approximate surface area is 241 Å². The molecule has 3 N–H and O–H groups in total. The summed E-state index contributed by atoms with van der Waals surface area (Å²) in [6.45, 7) is 0.0882. The largest absolute Gasteiger partial charge is 0.480 e. The van der Waals surface area contributed by atoms with Crippen LogP contribution in [0, 0.1) is 11.6 Å². The van der Waals surface area contributed by atoms with Crippen LogP contribution < -0.4 is 5.32 Å². The summed E-state index contributed by atoms with van der Waals surface area (Å²) < 4.78 is 56.6. The average Bonchev–Trinajstić information content (AvgIpc) is 3.46. The predicted octanol–water partition coefficient (Wildman–Crippen LogP) is 4.47. The van der Waals surface area contributed by atoms with Crippen LogP contribution in [0.1, 0.15) is 39.8 Å². The Balaban J connectivity index is 1.61. The van der Waals surface area contributed by atoms with E-state index in [0.717, 1.165) is 11.8 Å². The number of halogens is 2. The van der Waals surface area contributed by atoms with E-state index in [0.29, 0.717) is 28.9 Å². The maximum Gasteiger partial charge on any atom is 0.326 e. The fourth-order valence-corrected chi connectivity index (χ4v) is 4.97. The molecule has 0 spiro atoms. The Morgan fingerprint density at radius 1 is 1.02 bits per heavy atom. The van der Waals surface area contributed by atoms with Crippen LogP contribution in [-0.4, -0.2) is 53.4 Å². The summed E-state index contributed by atoms with van der Waals surface area (Å²) in [5.74, 6) is -2.70. The van der Waals surface area contributed by atoms with Crippen LogP contribution in [0.15, 0.2) is 79.1 Å². The zero-order valence-electron chi connectivity index (χ0n) is 22.6. The topological polar surface area (TPSA) is 138 Å². The molecule has 0 saturated heterocycles. The lowest BCUT2D eigenvalue weighted by molar-refractivity contribution is -0.139. The number of benzene rings is 3. The van der Waals surface area contributed by atoms with E-state index >= 15 is 0 Å². The van der Waals surface area contributed by atoms with Crippen LogP contribution in [-0.2, 0) is 32.4 Å². The van der Waals surface area contributed by atoms with Crippen molar-refractivity contribution in [3.05, 3.63) is 113 Å². The van der Waals surface area contributed by atoms with Gasteiger partial charge in [0.25, 0.3) is 5.91 Å². The summed E-state index contributed by atoms with van der Waals surface area (Å²) in [7, 11) is -3.45. The van der Waals surface area contributed by atoms with Crippen molar-refractivity contribution < 1.29 is 36.6 Å². The number of hydrogen-bond acceptors (Lipinski definition) is 6. The first-order valence-corrected chi connectivity index (χ1v) is 15.0. The summed E-state index contributed by atoms with van der Waals surface area (Å²) in [4.78, 5) is 32.3. The molecule has 12 heteroatoms. The van der Waals surface area contributed by atoms with Crippen LogP contribution in [0.5, 0.6) is 0 Å². The molecular formula is C30H29F2N3O6S. The highest BCUT2D eigenvalue weighted by Crippen LogP contribution is 2.28. The van der Waals surface area contributed by atoms with Gasteiger partial charge >= 0.3 is 5.97 Å². The average molecular weight is 598 g/mol. The number of rotatable bonds is 13. The maximum absolute atomic E-state index is 13.7. The molecule has 0 aliphatic rings. The standard InChI is InChI=1S/C30H29F2N3O6S/c1-42(39,40)15-12-26(30(37)38)35-29(36)24-11-2-19(16-25(24)20-3-7-22(31)8-4-20)18-41-27(17-28-33-13-14-34-28)21-5-9-23(32)10-6-21/h2-11,13-14,16,26-27H,12,15,17-18H2,1H3,(H,33,34)(H,35,36)(H,37,38)/t26-,27?/m0/s1.